The molecule has 2 aromatic rings. The van der Waals surface area contributed by atoms with E-state index in [4.69, 9.17) is 21.4 Å². The van der Waals surface area contributed by atoms with Crippen LogP contribution in [0.1, 0.15) is 32.3 Å². The maximum absolute atomic E-state index is 14.2. The fraction of sp³-hybridized carbons (Fsp3) is 0.375. The van der Waals surface area contributed by atoms with Crippen LogP contribution in [-0.2, 0) is 25.5 Å². The van der Waals surface area contributed by atoms with E-state index in [0.29, 0.717) is 16.1 Å². The van der Waals surface area contributed by atoms with E-state index in [1.807, 2.05) is 0 Å². The Morgan fingerprint density at radius 1 is 1.18 bits per heavy atom. The van der Waals surface area contributed by atoms with E-state index in [0.717, 1.165) is 5.56 Å². The summed E-state index contributed by atoms with van der Waals surface area (Å²) in [5, 5.41) is 21.3. The van der Waals surface area contributed by atoms with Crippen LogP contribution in [0.25, 0.3) is 11.1 Å². The quantitative estimate of drug-likeness (QED) is 0.354. The first-order valence-electron chi connectivity index (χ1n) is 10.5. The average molecular weight is 480 g/mol. The summed E-state index contributed by atoms with van der Waals surface area (Å²) in [4.78, 5) is 35.5. The molecule has 2 rings (SSSR count). The van der Waals surface area contributed by atoms with Crippen LogP contribution in [0.2, 0.25) is 5.02 Å². The molecule has 1 amide bonds. The minimum Gasteiger partial charge on any atom is -0.474 e. The largest absolute Gasteiger partial charge is 0.474 e. The number of aliphatic hydroxyl groups is 1. The molecule has 0 radical (unpaired) electrons. The molecular formula is C24H27ClFNO6. The Bertz CT molecular complexity index is 997. The molecule has 178 valence electrons. The van der Waals surface area contributed by atoms with Gasteiger partial charge in [0, 0.05) is 23.2 Å². The van der Waals surface area contributed by atoms with Crippen molar-refractivity contribution in [3.05, 3.63) is 58.9 Å². The molecule has 0 aromatic heterocycles. The van der Waals surface area contributed by atoms with E-state index in [9.17, 15) is 23.9 Å². The van der Waals surface area contributed by atoms with Gasteiger partial charge in [0.05, 0.1) is 12.0 Å². The summed E-state index contributed by atoms with van der Waals surface area (Å²) >= 11 is 5.97. The molecule has 0 fully saturated rings. The lowest BCUT2D eigenvalue weighted by atomic mass is 9.79. The van der Waals surface area contributed by atoms with Crippen molar-refractivity contribution in [3.8, 4) is 11.1 Å². The number of ether oxygens (including phenoxy) is 1. The highest BCUT2D eigenvalue weighted by atomic mass is 35.5. The van der Waals surface area contributed by atoms with E-state index < -0.39 is 35.1 Å². The highest BCUT2D eigenvalue weighted by molar-refractivity contribution is 6.31. The third-order valence-electron chi connectivity index (χ3n) is 5.33. The van der Waals surface area contributed by atoms with E-state index in [-0.39, 0.29) is 32.5 Å². The summed E-state index contributed by atoms with van der Waals surface area (Å²) < 4.78 is 19.3. The number of hydrogen-bond donors (Lipinski definition) is 3. The second kappa shape index (κ2) is 11.8. The number of hydrogen-bond acceptors (Lipinski definition) is 5. The molecule has 7 nitrogen and oxygen atoms in total. The Kier molecular flexibility index (Phi) is 9.37. The number of halogens is 2. The van der Waals surface area contributed by atoms with Crippen LogP contribution >= 0.6 is 11.6 Å². The van der Waals surface area contributed by atoms with Crippen LogP contribution in [0.3, 0.4) is 0 Å². The standard InChI is InChI=1S/C24H27ClFNO6/c1-3-33-23(32)24(2,10-11-28)14-18(27-21(29)22(30)31)12-15-4-6-16(7-5-15)19-13-17(25)8-9-20(19)26/h4-9,13,18,28H,3,10-12,14H2,1-2H3,(H,27,29)(H,30,31)/t18-,24-/m1/s1. The number of amides is 1. The summed E-state index contributed by atoms with van der Waals surface area (Å²) in [6, 6.07) is 10.4. The predicted molar refractivity (Wildman–Crippen MR) is 121 cm³/mol. The summed E-state index contributed by atoms with van der Waals surface area (Å²) in [6.45, 7) is 3.12. The molecule has 0 bridgehead atoms. The third-order valence-corrected chi connectivity index (χ3v) is 5.57. The highest BCUT2D eigenvalue weighted by Crippen LogP contribution is 2.31. The second-order valence-electron chi connectivity index (χ2n) is 7.96. The van der Waals surface area contributed by atoms with Gasteiger partial charge in [-0.1, -0.05) is 35.9 Å². The summed E-state index contributed by atoms with van der Waals surface area (Å²) in [7, 11) is 0. The normalized spacial score (nSPS) is 13.6. The lowest BCUT2D eigenvalue weighted by molar-refractivity contribution is -0.156. The fourth-order valence-electron chi connectivity index (χ4n) is 3.63. The van der Waals surface area contributed by atoms with Crippen molar-refractivity contribution in [1.29, 1.82) is 0 Å². The minimum atomic E-state index is -1.65. The lowest BCUT2D eigenvalue weighted by Crippen LogP contribution is -2.45. The number of carbonyl (C=O) groups is 3. The zero-order valence-corrected chi connectivity index (χ0v) is 19.2. The smallest absolute Gasteiger partial charge is 0.394 e. The first kappa shape index (κ1) is 26.3. The van der Waals surface area contributed by atoms with Crippen molar-refractivity contribution in [2.24, 2.45) is 5.41 Å². The van der Waals surface area contributed by atoms with E-state index in [2.05, 4.69) is 5.32 Å². The topological polar surface area (TPSA) is 113 Å². The number of rotatable bonds is 10. The van der Waals surface area contributed by atoms with Gasteiger partial charge in [0.25, 0.3) is 0 Å². The van der Waals surface area contributed by atoms with Crippen molar-refractivity contribution < 1.29 is 33.7 Å². The van der Waals surface area contributed by atoms with Gasteiger partial charge in [-0.3, -0.25) is 9.59 Å². The Hall–Kier alpha value is -2.97. The summed E-state index contributed by atoms with van der Waals surface area (Å²) in [5.41, 5.74) is 0.529. The highest BCUT2D eigenvalue weighted by Gasteiger charge is 2.37. The van der Waals surface area contributed by atoms with Gasteiger partial charge in [-0.2, -0.15) is 0 Å². The third kappa shape index (κ3) is 7.27. The van der Waals surface area contributed by atoms with Gasteiger partial charge in [-0.25, -0.2) is 9.18 Å². The van der Waals surface area contributed by atoms with Crippen LogP contribution in [0.15, 0.2) is 42.5 Å². The van der Waals surface area contributed by atoms with Crippen LogP contribution in [0.4, 0.5) is 4.39 Å². The number of aliphatic hydroxyl groups excluding tert-OH is 1. The number of carbonyl (C=O) groups excluding carboxylic acids is 2. The zero-order chi connectivity index (χ0) is 24.6. The maximum atomic E-state index is 14.2. The molecule has 2 aromatic carbocycles. The molecular weight excluding hydrogens is 453 g/mol. The van der Waals surface area contributed by atoms with Gasteiger partial charge in [-0.05, 0) is 62.4 Å². The van der Waals surface area contributed by atoms with Gasteiger partial charge in [-0.15, -0.1) is 0 Å². The summed E-state index contributed by atoms with van der Waals surface area (Å²) in [5.74, 6) is -3.81. The van der Waals surface area contributed by atoms with Crippen molar-refractivity contribution in [2.45, 2.75) is 39.2 Å². The molecule has 0 heterocycles. The van der Waals surface area contributed by atoms with Crippen LogP contribution in [0.5, 0.6) is 0 Å². The van der Waals surface area contributed by atoms with Crippen molar-refractivity contribution in [3.63, 3.8) is 0 Å². The molecule has 33 heavy (non-hydrogen) atoms. The first-order chi connectivity index (χ1) is 15.6. The van der Waals surface area contributed by atoms with Gasteiger partial charge in [0.2, 0.25) is 0 Å². The number of carboxylic acid groups (broad SMARTS) is 1. The van der Waals surface area contributed by atoms with E-state index >= 15 is 0 Å². The molecule has 0 aliphatic carbocycles. The second-order valence-corrected chi connectivity index (χ2v) is 8.40. The van der Waals surface area contributed by atoms with Crippen molar-refractivity contribution >= 4 is 29.4 Å². The monoisotopic (exact) mass is 479 g/mol. The molecule has 3 N–H and O–H groups in total. The van der Waals surface area contributed by atoms with Gasteiger partial charge in [0.15, 0.2) is 0 Å². The molecule has 0 spiro atoms. The Labute approximate surface area is 196 Å². The Morgan fingerprint density at radius 2 is 1.85 bits per heavy atom. The van der Waals surface area contributed by atoms with Crippen molar-refractivity contribution in [2.75, 3.05) is 13.2 Å². The SMILES string of the molecule is CCOC(=O)[C@](C)(CCO)C[C@@H](Cc1ccc(-c2cc(Cl)ccc2F)cc1)NC(=O)C(=O)O. The van der Waals surface area contributed by atoms with E-state index in [1.165, 1.54) is 18.2 Å². The van der Waals surface area contributed by atoms with E-state index in [1.54, 1.807) is 38.1 Å². The number of carboxylic acids is 1. The number of benzene rings is 2. The van der Waals surface area contributed by atoms with Crippen molar-refractivity contribution in [1.82, 2.24) is 5.32 Å². The molecule has 0 saturated heterocycles. The zero-order valence-electron chi connectivity index (χ0n) is 18.4. The van der Waals surface area contributed by atoms with Crippen LogP contribution in [0, 0.1) is 11.2 Å². The first-order valence-corrected chi connectivity index (χ1v) is 10.8. The predicted octanol–water partition coefficient (Wildman–Crippen LogP) is 3.60. The minimum absolute atomic E-state index is 0.0517. The molecule has 0 unspecified atom stereocenters. The number of nitrogens with one attached hydrogen (secondary N) is 1. The Balaban J connectivity index is 2.28. The fourth-order valence-corrected chi connectivity index (χ4v) is 3.80. The van der Waals surface area contributed by atoms with Crippen LogP contribution < -0.4 is 5.32 Å². The Morgan fingerprint density at radius 3 is 2.42 bits per heavy atom. The number of esters is 1. The van der Waals surface area contributed by atoms with Crippen LogP contribution in [-0.4, -0.2) is 47.3 Å². The average Bonchev–Trinajstić information content (AvgIpc) is 2.76. The summed E-state index contributed by atoms with van der Waals surface area (Å²) in [6.07, 6.45) is 0.339. The molecule has 0 aliphatic heterocycles. The van der Waals surface area contributed by atoms with Gasteiger partial charge < -0.3 is 20.3 Å². The molecule has 2 atom stereocenters. The lowest BCUT2D eigenvalue weighted by Gasteiger charge is -2.31. The molecule has 0 aliphatic rings. The van der Waals surface area contributed by atoms with Gasteiger partial charge >= 0.3 is 17.8 Å². The molecule has 9 heteroatoms. The van der Waals surface area contributed by atoms with Gasteiger partial charge in [0.1, 0.15) is 5.82 Å². The maximum Gasteiger partial charge on any atom is 0.394 e. The number of aliphatic carboxylic acids is 1. The molecule has 0 saturated carbocycles.